The number of esters is 2. The first-order valence-electron chi connectivity index (χ1n) is 7.00. The Labute approximate surface area is 150 Å². The maximum absolute atomic E-state index is 11.6. The van der Waals surface area contributed by atoms with Crippen LogP contribution in [0.3, 0.4) is 0 Å². The van der Waals surface area contributed by atoms with Crippen molar-refractivity contribution in [3.63, 3.8) is 0 Å². The first-order chi connectivity index (χ1) is 10.8. The Kier molecular flexibility index (Phi) is 8.45. The molecule has 0 N–H and O–H groups in total. The molecule has 0 saturated heterocycles. The van der Waals surface area contributed by atoms with Gasteiger partial charge >= 0.3 is 11.9 Å². The zero-order valence-corrected chi connectivity index (χ0v) is 15.0. The summed E-state index contributed by atoms with van der Waals surface area (Å²) in [5.41, 5.74) is 0. The highest BCUT2D eigenvalue weighted by molar-refractivity contribution is 6.43. The van der Waals surface area contributed by atoms with Gasteiger partial charge in [0.05, 0.1) is 21.7 Å². The van der Waals surface area contributed by atoms with Crippen molar-refractivity contribution in [2.24, 2.45) is 5.92 Å². The molecule has 126 valence electrons. The van der Waals surface area contributed by atoms with Crippen molar-refractivity contribution in [2.45, 2.75) is 26.7 Å². The Balaban J connectivity index is 2.47. The van der Waals surface area contributed by atoms with Gasteiger partial charge in [-0.1, -0.05) is 48.7 Å². The lowest BCUT2D eigenvalue weighted by Crippen LogP contribution is -2.08. The fourth-order valence-electron chi connectivity index (χ4n) is 1.57. The van der Waals surface area contributed by atoms with E-state index in [4.69, 9.17) is 44.3 Å². The largest absolute Gasteiger partial charge is 0.463 e. The molecule has 0 spiro atoms. The van der Waals surface area contributed by atoms with Crippen molar-refractivity contribution in [1.82, 2.24) is 0 Å². The zero-order valence-electron chi connectivity index (χ0n) is 12.8. The van der Waals surface area contributed by atoms with Gasteiger partial charge in [0.25, 0.3) is 0 Å². The predicted octanol–water partition coefficient (Wildman–Crippen LogP) is 5.09. The number of ether oxygens (including phenoxy) is 2. The molecule has 0 radical (unpaired) electrons. The summed E-state index contributed by atoms with van der Waals surface area (Å²) in [5, 5.41) is 0.585. The first-order valence-corrected chi connectivity index (χ1v) is 8.14. The summed E-state index contributed by atoms with van der Waals surface area (Å²) in [6.45, 7) is 4.49. The molecule has 0 bridgehead atoms. The second kappa shape index (κ2) is 9.81. The number of carbonyl (C=O) groups excluding carboxylic acids is 2. The fourth-order valence-corrected chi connectivity index (χ4v) is 2.15. The van der Waals surface area contributed by atoms with Crippen molar-refractivity contribution < 1.29 is 19.1 Å². The number of hydrogen-bond donors (Lipinski definition) is 0. The van der Waals surface area contributed by atoms with E-state index < -0.39 is 11.9 Å². The SMILES string of the molecule is CC(C)CCCOC(=O)/C=C/C(=O)Oc1cc(Cl)c(Cl)cc1Cl. The topological polar surface area (TPSA) is 52.6 Å². The highest BCUT2D eigenvalue weighted by Crippen LogP contribution is 2.33. The molecule has 0 saturated carbocycles. The lowest BCUT2D eigenvalue weighted by Gasteiger charge is -2.06. The third-order valence-electron chi connectivity index (χ3n) is 2.71. The van der Waals surface area contributed by atoms with E-state index in [0.717, 1.165) is 25.0 Å². The van der Waals surface area contributed by atoms with E-state index in [1.807, 2.05) is 0 Å². The van der Waals surface area contributed by atoms with Crippen LogP contribution >= 0.6 is 34.8 Å². The van der Waals surface area contributed by atoms with Crippen LogP contribution in [0.4, 0.5) is 0 Å². The summed E-state index contributed by atoms with van der Waals surface area (Å²) >= 11 is 17.5. The van der Waals surface area contributed by atoms with Crippen molar-refractivity contribution in [3.05, 3.63) is 39.4 Å². The van der Waals surface area contributed by atoms with Crippen LogP contribution in [0.5, 0.6) is 5.75 Å². The summed E-state index contributed by atoms with van der Waals surface area (Å²) in [7, 11) is 0. The summed E-state index contributed by atoms with van der Waals surface area (Å²) in [5.74, 6) is -0.772. The van der Waals surface area contributed by atoms with E-state index in [1.165, 1.54) is 12.1 Å². The fraction of sp³-hybridized carbons (Fsp3) is 0.375. The highest BCUT2D eigenvalue weighted by atomic mass is 35.5. The van der Waals surface area contributed by atoms with Gasteiger partial charge in [0.15, 0.2) is 5.75 Å². The molecule has 1 aromatic rings. The summed E-state index contributed by atoms with van der Waals surface area (Å²) in [6.07, 6.45) is 3.71. The van der Waals surface area contributed by atoms with Crippen molar-refractivity contribution in [2.75, 3.05) is 6.61 Å². The van der Waals surface area contributed by atoms with Crippen molar-refractivity contribution >= 4 is 46.7 Å². The van der Waals surface area contributed by atoms with Crippen molar-refractivity contribution in [3.8, 4) is 5.75 Å². The average molecular weight is 380 g/mol. The molecule has 0 fully saturated rings. The minimum atomic E-state index is -0.774. The lowest BCUT2D eigenvalue weighted by atomic mass is 10.1. The predicted molar refractivity (Wildman–Crippen MR) is 91.3 cm³/mol. The number of carbonyl (C=O) groups is 2. The lowest BCUT2D eigenvalue weighted by molar-refractivity contribution is -0.138. The van der Waals surface area contributed by atoms with Gasteiger partial charge in [-0.2, -0.15) is 0 Å². The molecule has 0 atom stereocenters. The second-order valence-corrected chi connectivity index (χ2v) is 6.38. The van der Waals surface area contributed by atoms with Crippen LogP contribution in [0, 0.1) is 5.92 Å². The average Bonchev–Trinajstić information content (AvgIpc) is 2.47. The Hall–Kier alpha value is -1.23. The molecule has 4 nitrogen and oxygen atoms in total. The van der Waals surface area contributed by atoms with Gasteiger partial charge in [0, 0.05) is 18.2 Å². The second-order valence-electron chi connectivity index (χ2n) is 5.15. The molecule has 1 rings (SSSR count). The van der Waals surface area contributed by atoms with E-state index in [2.05, 4.69) is 13.8 Å². The minimum Gasteiger partial charge on any atom is -0.463 e. The molecule has 0 aromatic heterocycles. The summed E-state index contributed by atoms with van der Waals surface area (Å²) in [6, 6.07) is 2.68. The molecule has 0 amide bonds. The number of hydrogen-bond acceptors (Lipinski definition) is 4. The van der Waals surface area contributed by atoms with Gasteiger partial charge in [-0.15, -0.1) is 0 Å². The van der Waals surface area contributed by atoms with Crippen LogP contribution in [0.2, 0.25) is 15.1 Å². The van der Waals surface area contributed by atoms with Gasteiger partial charge in [0.2, 0.25) is 0 Å². The molecular formula is C16H17Cl3O4. The van der Waals surface area contributed by atoms with E-state index in [0.29, 0.717) is 12.5 Å². The molecule has 0 heterocycles. The Bertz CT molecular complexity index is 597. The minimum absolute atomic E-state index is 0.0565. The molecule has 7 heteroatoms. The van der Waals surface area contributed by atoms with E-state index >= 15 is 0 Å². The maximum Gasteiger partial charge on any atom is 0.336 e. The molecule has 0 unspecified atom stereocenters. The molecule has 23 heavy (non-hydrogen) atoms. The molecular weight excluding hydrogens is 363 g/mol. The van der Waals surface area contributed by atoms with Crippen LogP contribution in [0.1, 0.15) is 26.7 Å². The monoisotopic (exact) mass is 378 g/mol. The normalized spacial score (nSPS) is 11.0. The Morgan fingerprint density at radius 1 is 1.04 bits per heavy atom. The third-order valence-corrected chi connectivity index (χ3v) is 3.73. The number of halogens is 3. The summed E-state index contributed by atoms with van der Waals surface area (Å²) in [4.78, 5) is 23.1. The van der Waals surface area contributed by atoms with Crippen LogP contribution in [0.25, 0.3) is 0 Å². The first kappa shape index (κ1) is 19.8. The van der Waals surface area contributed by atoms with E-state index in [1.54, 1.807) is 0 Å². The van der Waals surface area contributed by atoms with Crippen LogP contribution < -0.4 is 4.74 Å². The van der Waals surface area contributed by atoms with Crippen LogP contribution in [0.15, 0.2) is 24.3 Å². The van der Waals surface area contributed by atoms with Gasteiger partial charge in [-0.3, -0.25) is 0 Å². The van der Waals surface area contributed by atoms with E-state index in [-0.39, 0.29) is 20.8 Å². The van der Waals surface area contributed by atoms with E-state index in [9.17, 15) is 9.59 Å². The van der Waals surface area contributed by atoms with Gasteiger partial charge in [0.1, 0.15) is 0 Å². The van der Waals surface area contributed by atoms with Crippen LogP contribution in [-0.4, -0.2) is 18.5 Å². The van der Waals surface area contributed by atoms with Crippen LogP contribution in [-0.2, 0) is 14.3 Å². The molecule has 0 aliphatic rings. The quantitative estimate of drug-likeness (QED) is 0.218. The highest BCUT2D eigenvalue weighted by Gasteiger charge is 2.10. The van der Waals surface area contributed by atoms with Crippen molar-refractivity contribution in [1.29, 1.82) is 0 Å². The van der Waals surface area contributed by atoms with Gasteiger partial charge in [-0.25, -0.2) is 9.59 Å². The molecule has 1 aromatic carbocycles. The molecule has 0 aliphatic heterocycles. The van der Waals surface area contributed by atoms with Gasteiger partial charge < -0.3 is 9.47 Å². The number of rotatable bonds is 7. The number of benzene rings is 1. The Morgan fingerprint density at radius 3 is 2.30 bits per heavy atom. The Morgan fingerprint density at radius 2 is 1.65 bits per heavy atom. The maximum atomic E-state index is 11.6. The summed E-state index contributed by atoms with van der Waals surface area (Å²) < 4.78 is 9.93. The molecule has 0 aliphatic carbocycles. The third kappa shape index (κ3) is 7.73. The zero-order chi connectivity index (χ0) is 17.4. The van der Waals surface area contributed by atoms with Gasteiger partial charge in [-0.05, 0) is 24.8 Å². The standard InChI is InChI=1S/C16H17Cl3O4/c1-10(2)4-3-7-22-15(20)5-6-16(21)23-14-9-12(18)11(17)8-13(14)19/h5-6,8-10H,3-4,7H2,1-2H3/b6-5+. The smallest absolute Gasteiger partial charge is 0.336 e.